The van der Waals surface area contributed by atoms with Crippen LogP contribution >= 0.6 is 11.3 Å². The number of aromatic amines is 1. The van der Waals surface area contributed by atoms with Crippen LogP contribution in [0.15, 0.2) is 27.2 Å². The van der Waals surface area contributed by atoms with Crippen LogP contribution in [-0.2, 0) is 17.8 Å². The van der Waals surface area contributed by atoms with Crippen LogP contribution in [0.4, 0.5) is 0 Å². The molecule has 1 atom stereocenters. The first-order valence-corrected chi connectivity index (χ1v) is 8.96. The Kier molecular flexibility index (Phi) is 4.94. The van der Waals surface area contributed by atoms with Gasteiger partial charge in [0.25, 0.3) is 5.56 Å². The monoisotopic (exact) mass is 348 g/mol. The fourth-order valence-electron chi connectivity index (χ4n) is 2.89. The molecule has 8 heteroatoms. The number of hydrogen-bond acceptors (Lipinski definition) is 5. The Hall–Kier alpha value is -2.22. The van der Waals surface area contributed by atoms with E-state index in [-0.39, 0.29) is 18.4 Å². The van der Waals surface area contributed by atoms with Gasteiger partial charge in [0.15, 0.2) is 0 Å². The molecule has 1 fully saturated rings. The number of piperidine rings is 1. The van der Waals surface area contributed by atoms with Gasteiger partial charge in [0.1, 0.15) is 6.54 Å². The average molecular weight is 348 g/mol. The van der Waals surface area contributed by atoms with Gasteiger partial charge in [-0.2, -0.15) is 0 Å². The molecule has 1 amide bonds. The molecule has 0 radical (unpaired) electrons. The summed E-state index contributed by atoms with van der Waals surface area (Å²) in [5, 5.41) is 3.17. The molecule has 0 bridgehead atoms. The lowest BCUT2D eigenvalue weighted by Crippen LogP contribution is -2.42. The third-order valence-electron chi connectivity index (χ3n) is 4.26. The van der Waals surface area contributed by atoms with Crippen molar-refractivity contribution in [3.8, 4) is 0 Å². The highest BCUT2D eigenvalue weighted by atomic mass is 32.1. The van der Waals surface area contributed by atoms with Crippen molar-refractivity contribution in [2.24, 2.45) is 0 Å². The third kappa shape index (κ3) is 3.64. The highest BCUT2D eigenvalue weighted by Crippen LogP contribution is 2.29. The summed E-state index contributed by atoms with van der Waals surface area (Å²) in [5.41, 5.74) is 0.0763. The van der Waals surface area contributed by atoms with Gasteiger partial charge in [-0.3, -0.25) is 19.1 Å². The van der Waals surface area contributed by atoms with E-state index in [0.29, 0.717) is 13.1 Å². The number of carbonyl (C=O) groups excluding carboxylic acids is 1. The first kappa shape index (κ1) is 16.6. The Morgan fingerprint density at radius 2 is 2.29 bits per heavy atom. The van der Waals surface area contributed by atoms with Gasteiger partial charge in [-0.25, -0.2) is 9.78 Å². The molecule has 0 aliphatic carbocycles. The molecule has 0 aromatic carbocycles. The molecule has 7 nitrogen and oxygen atoms in total. The fraction of sp³-hybridized carbons (Fsp3) is 0.500. The second kappa shape index (κ2) is 7.12. The number of nitrogens with one attached hydrogen (secondary N) is 1. The first-order chi connectivity index (χ1) is 11.6. The standard InChI is InChI=1S/C16H20N4O3S/c1-2-12-10-24-15(17-12)11-4-3-6-19(8-11)14(22)9-20-7-5-13(21)18-16(20)23/h5,7,10-11H,2-4,6,8-9H2,1H3,(H,18,21,23). The van der Waals surface area contributed by atoms with Crippen molar-refractivity contribution in [2.75, 3.05) is 13.1 Å². The molecule has 1 aliphatic heterocycles. The molecular formula is C16H20N4O3S. The van der Waals surface area contributed by atoms with Crippen LogP contribution in [0.25, 0.3) is 0 Å². The number of hydrogen-bond donors (Lipinski definition) is 1. The highest BCUT2D eigenvalue weighted by molar-refractivity contribution is 7.09. The van der Waals surface area contributed by atoms with Crippen molar-refractivity contribution in [1.29, 1.82) is 0 Å². The summed E-state index contributed by atoms with van der Waals surface area (Å²) in [4.78, 5) is 43.9. The number of amides is 1. The summed E-state index contributed by atoms with van der Waals surface area (Å²) in [6.07, 6.45) is 4.23. The third-order valence-corrected chi connectivity index (χ3v) is 5.31. The summed E-state index contributed by atoms with van der Waals surface area (Å²) in [6, 6.07) is 1.25. The topological polar surface area (TPSA) is 88.1 Å². The van der Waals surface area contributed by atoms with Gasteiger partial charge in [0, 0.05) is 36.7 Å². The van der Waals surface area contributed by atoms with Gasteiger partial charge in [0.05, 0.1) is 10.7 Å². The summed E-state index contributed by atoms with van der Waals surface area (Å²) >= 11 is 1.66. The number of aryl methyl sites for hydroxylation is 1. The van der Waals surface area contributed by atoms with E-state index in [2.05, 4.69) is 22.3 Å². The molecular weight excluding hydrogens is 328 g/mol. The molecule has 1 saturated heterocycles. The summed E-state index contributed by atoms with van der Waals surface area (Å²) in [6.45, 7) is 3.35. The predicted molar refractivity (Wildman–Crippen MR) is 91.4 cm³/mol. The molecule has 128 valence electrons. The van der Waals surface area contributed by atoms with Gasteiger partial charge in [-0.1, -0.05) is 6.92 Å². The minimum Gasteiger partial charge on any atom is -0.340 e. The average Bonchev–Trinajstić information content (AvgIpc) is 3.06. The zero-order valence-corrected chi connectivity index (χ0v) is 14.3. The smallest absolute Gasteiger partial charge is 0.328 e. The van der Waals surface area contributed by atoms with Gasteiger partial charge < -0.3 is 4.90 Å². The Labute approximate surface area is 143 Å². The van der Waals surface area contributed by atoms with Crippen LogP contribution in [0.2, 0.25) is 0 Å². The van der Waals surface area contributed by atoms with E-state index in [1.807, 2.05) is 0 Å². The second-order valence-corrected chi connectivity index (χ2v) is 6.84. The number of nitrogens with zero attached hydrogens (tertiary/aromatic N) is 3. The lowest BCUT2D eigenvalue weighted by molar-refractivity contribution is -0.133. The zero-order chi connectivity index (χ0) is 17.1. The number of likely N-dealkylation sites (tertiary alicyclic amines) is 1. The Bertz CT molecular complexity index is 838. The SMILES string of the molecule is CCc1csc(C2CCCN(C(=O)Cn3ccc(=O)[nH]c3=O)C2)n1. The first-order valence-electron chi connectivity index (χ1n) is 8.08. The summed E-state index contributed by atoms with van der Waals surface area (Å²) in [7, 11) is 0. The maximum Gasteiger partial charge on any atom is 0.328 e. The second-order valence-electron chi connectivity index (χ2n) is 5.95. The zero-order valence-electron chi connectivity index (χ0n) is 13.5. The molecule has 2 aromatic heterocycles. The van der Waals surface area contributed by atoms with Crippen LogP contribution in [0.3, 0.4) is 0 Å². The number of rotatable bonds is 4. The van der Waals surface area contributed by atoms with Crippen molar-refractivity contribution in [3.05, 3.63) is 49.2 Å². The van der Waals surface area contributed by atoms with Gasteiger partial charge in [-0.05, 0) is 19.3 Å². The normalized spacial score (nSPS) is 17.9. The molecule has 1 aliphatic rings. The van der Waals surface area contributed by atoms with Crippen LogP contribution in [0.5, 0.6) is 0 Å². The summed E-state index contributed by atoms with van der Waals surface area (Å²) < 4.78 is 1.23. The van der Waals surface area contributed by atoms with Crippen molar-refractivity contribution in [2.45, 2.75) is 38.6 Å². The molecule has 3 heterocycles. The van der Waals surface area contributed by atoms with Crippen LogP contribution in [0, 0.1) is 0 Å². The van der Waals surface area contributed by atoms with Crippen LogP contribution in [0.1, 0.15) is 36.4 Å². The molecule has 2 aromatic rings. The van der Waals surface area contributed by atoms with E-state index in [4.69, 9.17) is 0 Å². The Balaban J connectivity index is 1.68. The highest BCUT2D eigenvalue weighted by Gasteiger charge is 2.26. The molecule has 1 unspecified atom stereocenters. The molecule has 24 heavy (non-hydrogen) atoms. The van der Waals surface area contributed by atoms with E-state index in [9.17, 15) is 14.4 Å². The maximum atomic E-state index is 12.5. The molecule has 3 rings (SSSR count). The quantitative estimate of drug-likeness (QED) is 0.891. The molecule has 0 saturated carbocycles. The minimum absolute atomic E-state index is 0.0551. The van der Waals surface area contributed by atoms with Gasteiger partial charge >= 0.3 is 5.69 Å². The Morgan fingerprint density at radius 1 is 1.46 bits per heavy atom. The van der Waals surface area contributed by atoms with Crippen LogP contribution < -0.4 is 11.2 Å². The van der Waals surface area contributed by atoms with E-state index in [1.165, 1.54) is 16.8 Å². The van der Waals surface area contributed by atoms with E-state index in [0.717, 1.165) is 30.0 Å². The lowest BCUT2D eigenvalue weighted by Gasteiger charge is -2.32. The molecule has 1 N–H and O–H groups in total. The molecule has 0 spiro atoms. The lowest BCUT2D eigenvalue weighted by atomic mass is 9.98. The van der Waals surface area contributed by atoms with Crippen molar-refractivity contribution in [3.63, 3.8) is 0 Å². The minimum atomic E-state index is -0.558. The van der Waals surface area contributed by atoms with E-state index in [1.54, 1.807) is 16.2 Å². The number of thiazole rings is 1. The maximum absolute atomic E-state index is 12.5. The van der Waals surface area contributed by atoms with E-state index >= 15 is 0 Å². The Morgan fingerprint density at radius 3 is 3.00 bits per heavy atom. The van der Waals surface area contributed by atoms with Crippen LogP contribution in [-0.4, -0.2) is 38.4 Å². The van der Waals surface area contributed by atoms with Crippen molar-refractivity contribution >= 4 is 17.2 Å². The van der Waals surface area contributed by atoms with Gasteiger partial charge in [0.2, 0.25) is 5.91 Å². The largest absolute Gasteiger partial charge is 0.340 e. The summed E-state index contributed by atoms with van der Waals surface area (Å²) in [5.74, 6) is 0.154. The number of aromatic nitrogens is 3. The predicted octanol–water partition coefficient (Wildman–Crippen LogP) is 0.962. The van der Waals surface area contributed by atoms with Crippen molar-refractivity contribution in [1.82, 2.24) is 19.4 Å². The number of H-pyrrole nitrogens is 1. The van der Waals surface area contributed by atoms with Gasteiger partial charge in [-0.15, -0.1) is 11.3 Å². The van der Waals surface area contributed by atoms with E-state index < -0.39 is 11.2 Å². The fourth-order valence-corrected chi connectivity index (χ4v) is 3.92. The number of carbonyl (C=O) groups is 1. The van der Waals surface area contributed by atoms with Crippen molar-refractivity contribution < 1.29 is 4.79 Å².